The number of carbonyl (C=O) groups is 1. The van der Waals surface area contributed by atoms with Gasteiger partial charge < -0.3 is 9.64 Å². The van der Waals surface area contributed by atoms with Crippen LogP contribution in [0.25, 0.3) is 16.8 Å². The molecule has 1 aliphatic rings. The van der Waals surface area contributed by atoms with Gasteiger partial charge in [0.1, 0.15) is 5.75 Å². The van der Waals surface area contributed by atoms with Crippen LogP contribution in [0.15, 0.2) is 65.6 Å². The lowest BCUT2D eigenvalue weighted by Gasteiger charge is -2.17. The second-order valence-electron chi connectivity index (χ2n) is 7.06. The van der Waals surface area contributed by atoms with Crippen LogP contribution in [0.5, 0.6) is 5.75 Å². The van der Waals surface area contributed by atoms with Crippen molar-refractivity contribution in [1.82, 2.24) is 0 Å². The Kier molecular flexibility index (Phi) is 5.79. The number of carbonyl (C=O) groups excluding carboxylic acids is 1. The van der Waals surface area contributed by atoms with E-state index in [0.717, 1.165) is 33.5 Å². The minimum absolute atomic E-state index is 0.113. The molecule has 4 rings (SSSR count). The van der Waals surface area contributed by atoms with Gasteiger partial charge in [0.25, 0.3) is 5.91 Å². The van der Waals surface area contributed by atoms with Crippen LogP contribution < -0.4 is 14.5 Å². The summed E-state index contributed by atoms with van der Waals surface area (Å²) in [7, 11) is 3.97. The number of hydrogen-bond donors (Lipinski definition) is 0. The highest BCUT2D eigenvalue weighted by molar-refractivity contribution is 8.27. The van der Waals surface area contributed by atoms with Gasteiger partial charge in [-0.1, -0.05) is 54.3 Å². The van der Waals surface area contributed by atoms with E-state index >= 15 is 0 Å². The topological polar surface area (TPSA) is 32.8 Å². The van der Waals surface area contributed by atoms with Crippen molar-refractivity contribution in [3.05, 3.63) is 71.1 Å². The van der Waals surface area contributed by atoms with E-state index in [1.54, 1.807) is 4.90 Å². The lowest BCUT2D eigenvalue weighted by Crippen LogP contribution is -2.27. The van der Waals surface area contributed by atoms with E-state index in [9.17, 15) is 4.79 Å². The third kappa shape index (κ3) is 3.80. The summed E-state index contributed by atoms with van der Waals surface area (Å²) in [5, 5.41) is 2.14. The highest BCUT2D eigenvalue weighted by atomic mass is 32.2. The molecule has 1 aliphatic heterocycles. The van der Waals surface area contributed by atoms with Gasteiger partial charge in [0.2, 0.25) is 0 Å². The fourth-order valence-electron chi connectivity index (χ4n) is 3.43. The monoisotopic (exact) mass is 434 g/mol. The summed E-state index contributed by atoms with van der Waals surface area (Å²) in [6, 6.07) is 19.9. The number of fused-ring (bicyclic) bond motifs is 1. The predicted octanol–water partition coefficient (Wildman–Crippen LogP) is 5.71. The molecule has 0 bridgehead atoms. The van der Waals surface area contributed by atoms with Crippen molar-refractivity contribution in [3.8, 4) is 5.75 Å². The number of anilines is 2. The van der Waals surface area contributed by atoms with Gasteiger partial charge in [0.05, 0.1) is 17.2 Å². The Labute approximate surface area is 186 Å². The molecular formula is C24H22N2O2S2. The van der Waals surface area contributed by atoms with Gasteiger partial charge in [-0.3, -0.25) is 9.69 Å². The Morgan fingerprint density at radius 3 is 2.50 bits per heavy atom. The molecular weight excluding hydrogens is 412 g/mol. The first kappa shape index (κ1) is 20.4. The largest absolute Gasteiger partial charge is 0.493 e. The molecule has 0 unspecified atom stereocenters. The van der Waals surface area contributed by atoms with Crippen LogP contribution in [0.2, 0.25) is 0 Å². The van der Waals surface area contributed by atoms with Crippen molar-refractivity contribution in [2.24, 2.45) is 0 Å². The van der Waals surface area contributed by atoms with Crippen molar-refractivity contribution < 1.29 is 9.53 Å². The van der Waals surface area contributed by atoms with Crippen LogP contribution in [-0.2, 0) is 4.79 Å². The van der Waals surface area contributed by atoms with Crippen molar-refractivity contribution >= 4 is 62.4 Å². The molecule has 1 saturated heterocycles. The summed E-state index contributed by atoms with van der Waals surface area (Å²) in [5.74, 6) is 0.648. The number of amides is 1. The summed E-state index contributed by atoms with van der Waals surface area (Å²) in [5.41, 5.74) is 2.74. The van der Waals surface area contributed by atoms with E-state index in [-0.39, 0.29) is 5.91 Å². The first-order valence-corrected chi connectivity index (χ1v) is 10.9. The quantitative estimate of drug-likeness (QED) is 0.379. The minimum atomic E-state index is -0.113. The molecule has 1 heterocycles. The maximum atomic E-state index is 13.2. The van der Waals surface area contributed by atoms with E-state index in [4.69, 9.17) is 17.0 Å². The van der Waals surface area contributed by atoms with Gasteiger partial charge in [-0.15, -0.1) is 0 Å². The Morgan fingerprint density at radius 2 is 1.80 bits per heavy atom. The average molecular weight is 435 g/mol. The molecule has 0 atom stereocenters. The zero-order valence-corrected chi connectivity index (χ0v) is 18.7. The van der Waals surface area contributed by atoms with E-state index in [1.165, 1.54) is 11.8 Å². The lowest BCUT2D eigenvalue weighted by atomic mass is 10.0. The first-order chi connectivity index (χ1) is 14.5. The number of thioether (sulfide) groups is 1. The second-order valence-corrected chi connectivity index (χ2v) is 8.74. The van der Waals surface area contributed by atoms with Crippen LogP contribution >= 0.6 is 24.0 Å². The standard InChI is InChI=1S/C24H22N2O2S2/c1-4-28-21-14-9-16-7-5-6-8-19(16)20(21)15-22-23(27)26(24(29)30-22)18-12-10-17(11-13-18)25(2)3/h5-15H,4H2,1-3H3. The van der Waals surface area contributed by atoms with Gasteiger partial charge in [0.15, 0.2) is 4.32 Å². The molecule has 0 aromatic heterocycles. The van der Waals surface area contributed by atoms with Crippen LogP contribution in [0.3, 0.4) is 0 Å². The fraction of sp³-hybridized carbons (Fsp3) is 0.167. The Balaban J connectivity index is 1.74. The molecule has 30 heavy (non-hydrogen) atoms. The normalized spacial score (nSPS) is 15.3. The van der Waals surface area contributed by atoms with E-state index in [0.29, 0.717) is 15.8 Å². The van der Waals surface area contributed by atoms with Gasteiger partial charge in [0, 0.05) is 25.3 Å². The number of ether oxygens (including phenoxy) is 1. The molecule has 0 radical (unpaired) electrons. The molecule has 3 aromatic carbocycles. The second kappa shape index (κ2) is 8.50. The van der Waals surface area contributed by atoms with Crippen molar-refractivity contribution in [2.75, 3.05) is 30.5 Å². The number of hydrogen-bond acceptors (Lipinski definition) is 5. The van der Waals surface area contributed by atoms with Crippen LogP contribution in [0.1, 0.15) is 12.5 Å². The summed E-state index contributed by atoms with van der Waals surface area (Å²) < 4.78 is 6.38. The third-order valence-electron chi connectivity index (χ3n) is 4.92. The Bertz CT molecular complexity index is 1150. The smallest absolute Gasteiger partial charge is 0.270 e. The van der Waals surface area contributed by atoms with Gasteiger partial charge in [-0.2, -0.15) is 0 Å². The number of rotatable bonds is 5. The molecule has 0 N–H and O–H groups in total. The lowest BCUT2D eigenvalue weighted by molar-refractivity contribution is -0.113. The Hall–Kier alpha value is -2.83. The van der Waals surface area contributed by atoms with E-state index in [1.807, 2.05) is 86.6 Å². The highest BCUT2D eigenvalue weighted by Crippen LogP contribution is 2.39. The maximum absolute atomic E-state index is 13.2. The molecule has 0 saturated carbocycles. The third-order valence-corrected chi connectivity index (χ3v) is 6.23. The summed E-state index contributed by atoms with van der Waals surface area (Å²) in [6.07, 6.45) is 1.90. The molecule has 0 aliphatic carbocycles. The average Bonchev–Trinajstić information content (AvgIpc) is 3.03. The summed E-state index contributed by atoms with van der Waals surface area (Å²) in [4.78, 5) is 17.4. The van der Waals surface area contributed by atoms with Gasteiger partial charge in [-0.25, -0.2) is 0 Å². The molecule has 6 heteroatoms. The Morgan fingerprint density at radius 1 is 1.07 bits per heavy atom. The summed E-state index contributed by atoms with van der Waals surface area (Å²) >= 11 is 6.86. The number of thiocarbonyl (C=S) groups is 1. The molecule has 4 nitrogen and oxygen atoms in total. The van der Waals surface area contributed by atoms with Crippen LogP contribution in [-0.4, -0.2) is 30.9 Å². The first-order valence-electron chi connectivity index (χ1n) is 9.69. The fourth-order valence-corrected chi connectivity index (χ4v) is 4.71. The SMILES string of the molecule is CCOc1ccc2ccccc2c1C=C1SC(=S)N(c2ccc(N(C)C)cc2)C1=O. The zero-order valence-electron chi connectivity index (χ0n) is 17.1. The van der Waals surface area contributed by atoms with Crippen LogP contribution in [0.4, 0.5) is 11.4 Å². The highest BCUT2D eigenvalue weighted by Gasteiger charge is 2.33. The van der Waals surface area contributed by atoms with Crippen molar-refractivity contribution in [3.63, 3.8) is 0 Å². The van der Waals surface area contributed by atoms with Crippen molar-refractivity contribution in [2.45, 2.75) is 6.92 Å². The molecule has 3 aromatic rings. The van der Waals surface area contributed by atoms with Crippen molar-refractivity contribution in [1.29, 1.82) is 0 Å². The minimum Gasteiger partial charge on any atom is -0.493 e. The van der Waals surface area contributed by atoms with Gasteiger partial charge >= 0.3 is 0 Å². The molecule has 1 fully saturated rings. The van der Waals surface area contributed by atoms with E-state index in [2.05, 4.69) is 6.07 Å². The zero-order chi connectivity index (χ0) is 21.3. The summed E-state index contributed by atoms with van der Waals surface area (Å²) in [6.45, 7) is 2.51. The molecule has 0 spiro atoms. The van der Waals surface area contributed by atoms with E-state index < -0.39 is 0 Å². The predicted molar refractivity (Wildman–Crippen MR) is 132 cm³/mol. The molecule has 152 valence electrons. The molecule has 1 amide bonds. The number of benzene rings is 3. The maximum Gasteiger partial charge on any atom is 0.270 e. The van der Waals surface area contributed by atoms with Crippen LogP contribution in [0, 0.1) is 0 Å². The van der Waals surface area contributed by atoms with Gasteiger partial charge in [-0.05, 0) is 54.1 Å². The number of nitrogens with zero attached hydrogens (tertiary/aromatic N) is 2.